The molecule has 376 valence electrons. The van der Waals surface area contributed by atoms with E-state index in [2.05, 4.69) is 23.1 Å². The maximum atomic E-state index is 14.8. The first kappa shape index (κ1) is 55.9. The van der Waals surface area contributed by atoms with E-state index in [0.717, 1.165) is 24.8 Å². The average molecular weight is 1020 g/mol. The maximum absolute atomic E-state index is 14.8. The highest BCUT2D eigenvalue weighted by molar-refractivity contribution is 7.49. The summed E-state index contributed by atoms with van der Waals surface area (Å²) in [7, 11) is -3.02. The second kappa shape index (κ2) is 28.7. The number of anilines is 1. The molecule has 1 saturated heterocycles. The van der Waals surface area contributed by atoms with Crippen LogP contribution in [0.3, 0.4) is 0 Å². The van der Waals surface area contributed by atoms with Crippen molar-refractivity contribution in [2.24, 2.45) is 0 Å². The van der Waals surface area contributed by atoms with Gasteiger partial charge in [-0.2, -0.15) is 10.4 Å². The van der Waals surface area contributed by atoms with Gasteiger partial charge in [0.05, 0.1) is 53.3 Å². The predicted octanol–water partition coefficient (Wildman–Crippen LogP) is 13.6. The third kappa shape index (κ3) is 17.4. The van der Waals surface area contributed by atoms with Crippen molar-refractivity contribution < 1.29 is 41.8 Å². The Kier molecular flexibility index (Phi) is 23.6. The van der Waals surface area contributed by atoms with Crippen LogP contribution in [0.1, 0.15) is 141 Å². The van der Waals surface area contributed by atoms with Gasteiger partial charge in [0, 0.05) is 20.1 Å². The quantitative estimate of drug-likeness (QED) is 0.0266. The van der Waals surface area contributed by atoms with E-state index in [4.69, 9.17) is 77.8 Å². The van der Waals surface area contributed by atoms with Crippen LogP contribution < -0.4 is 10.3 Å². The first-order chi connectivity index (χ1) is 32.8. The molecule has 2 N–H and O–H groups in total. The third-order valence-corrected chi connectivity index (χ3v) is 14.4. The minimum absolute atomic E-state index is 0.0733. The van der Waals surface area contributed by atoms with Crippen molar-refractivity contribution in [1.29, 1.82) is 5.26 Å². The Morgan fingerprint density at radius 2 is 1.54 bits per heavy atom. The lowest BCUT2D eigenvalue weighted by Crippen LogP contribution is -2.43. The lowest BCUT2D eigenvalue weighted by atomic mass is 9.93. The molecule has 4 aromatic rings. The topological polar surface area (TPSA) is 171 Å². The summed E-state index contributed by atoms with van der Waals surface area (Å²) in [5.41, 5.74) is 6.00. The highest BCUT2D eigenvalue weighted by atomic mass is 35.5. The van der Waals surface area contributed by atoms with Gasteiger partial charge in [-0.1, -0.05) is 156 Å². The Balaban J connectivity index is 1.20. The third-order valence-electron chi connectivity index (χ3n) is 12.0. The fraction of sp³-hybridized carbons (Fsp3) is 0.620. The maximum Gasteiger partial charge on any atom is 0.530 e. The van der Waals surface area contributed by atoms with E-state index in [0.29, 0.717) is 27.9 Å². The molecule has 14 nitrogen and oxygen atoms in total. The molecule has 1 fully saturated rings. The zero-order valence-electron chi connectivity index (χ0n) is 40.2. The number of ether oxygens (including phenoxy) is 5. The number of nitriles is 1. The number of para-hydroxylation sites is 1. The number of unbranched alkanes of at least 4 members (excludes halogenated alkanes) is 15. The lowest BCUT2D eigenvalue weighted by Gasteiger charge is -2.33. The minimum Gasteiger partial charge on any atom is -0.402 e. The number of phosphoric acid groups is 1. The molecule has 18 heteroatoms. The molecule has 0 spiro atoms. The van der Waals surface area contributed by atoms with Crippen LogP contribution >= 0.6 is 42.6 Å². The Labute approximate surface area is 418 Å². The Morgan fingerprint density at radius 1 is 0.882 bits per heavy atom. The first-order valence-electron chi connectivity index (χ1n) is 24.2. The monoisotopic (exact) mass is 1020 g/mol. The second-order valence-corrected chi connectivity index (χ2v) is 20.6. The standard InChI is InChI=1S/C50H71Cl3N5O9P/c1-5-6-7-8-9-10-11-12-13-14-15-16-17-18-19-22-29-61-33-40(62-32-38-25-26-41(51)43(53)30-38)35-64-68(59,67-45-24-21-20-23-42(45)52)63-34-39-31-47(66-49(2,3)60-4)50(36-54,65-39)46-28-27-44-48(55)56-37-57-58(44)46/h20-21,23-28,30,37,39-40,47H,5-19,22,29,31-35H2,1-4H3,(H2,55,56,57)/t39-,40+,47+,50-,68?/m0/s1. The number of nitrogens with two attached hydrogens (primary N) is 1. The average Bonchev–Trinajstić information content (AvgIpc) is 3.93. The van der Waals surface area contributed by atoms with Crippen LogP contribution in [0.4, 0.5) is 5.82 Å². The molecule has 0 amide bonds. The SMILES string of the molecule is CCCCCCCCCCCCCCCCCCOC[C@H](COP(=O)(OC[C@@H]1C[C@@H](OC(C)(C)OC)[C@](C#N)(c2ccc3c(N)ncnn23)O1)Oc1ccccc1Cl)OCc1ccc(Cl)c(Cl)c1. The van der Waals surface area contributed by atoms with Crippen LogP contribution in [0.2, 0.25) is 15.1 Å². The number of nitrogens with zero attached hydrogens (tertiary/aromatic N) is 4. The van der Waals surface area contributed by atoms with Crippen molar-refractivity contribution in [2.45, 2.75) is 166 Å². The van der Waals surface area contributed by atoms with Gasteiger partial charge in [-0.15, -0.1) is 0 Å². The van der Waals surface area contributed by atoms with Gasteiger partial charge in [0.1, 0.15) is 35.9 Å². The molecule has 68 heavy (non-hydrogen) atoms. The van der Waals surface area contributed by atoms with Crippen LogP contribution in [-0.2, 0) is 49.5 Å². The fourth-order valence-electron chi connectivity index (χ4n) is 8.06. The lowest BCUT2D eigenvalue weighted by molar-refractivity contribution is -0.241. The van der Waals surface area contributed by atoms with Crippen molar-refractivity contribution in [3.05, 3.63) is 87.2 Å². The summed E-state index contributed by atoms with van der Waals surface area (Å²) >= 11 is 19.0. The smallest absolute Gasteiger partial charge is 0.402 e. The van der Waals surface area contributed by atoms with Crippen molar-refractivity contribution in [2.75, 3.05) is 39.3 Å². The zero-order chi connectivity index (χ0) is 48.8. The number of halogens is 3. The molecule has 1 aliphatic heterocycles. The first-order valence-corrected chi connectivity index (χ1v) is 26.8. The summed E-state index contributed by atoms with van der Waals surface area (Å²) in [6.45, 7) is 5.91. The summed E-state index contributed by atoms with van der Waals surface area (Å²) in [5, 5.41) is 16.2. The number of benzene rings is 2. The van der Waals surface area contributed by atoms with Crippen LogP contribution in [0.25, 0.3) is 5.52 Å². The molecule has 1 unspecified atom stereocenters. The number of hydrogen-bond acceptors (Lipinski definition) is 13. The molecule has 0 saturated carbocycles. The Hall–Kier alpha value is -3.03. The van der Waals surface area contributed by atoms with E-state index in [-0.39, 0.29) is 49.4 Å². The Morgan fingerprint density at radius 3 is 2.18 bits per heavy atom. The number of hydrogen-bond donors (Lipinski definition) is 1. The highest BCUT2D eigenvalue weighted by Gasteiger charge is 2.55. The highest BCUT2D eigenvalue weighted by Crippen LogP contribution is 2.52. The summed E-state index contributed by atoms with van der Waals surface area (Å²) < 4.78 is 65.3. The van der Waals surface area contributed by atoms with Crippen LogP contribution in [0.15, 0.2) is 60.9 Å². The van der Waals surface area contributed by atoms with Crippen molar-refractivity contribution >= 4 is 54.0 Å². The summed E-state index contributed by atoms with van der Waals surface area (Å²) in [6.07, 6.45) is 19.4. The fourth-order valence-corrected chi connectivity index (χ4v) is 9.89. The van der Waals surface area contributed by atoms with Gasteiger partial charge < -0.3 is 33.9 Å². The van der Waals surface area contributed by atoms with Crippen LogP contribution in [0, 0.1) is 11.3 Å². The molecule has 0 radical (unpaired) electrons. The van der Waals surface area contributed by atoms with E-state index < -0.39 is 37.5 Å². The van der Waals surface area contributed by atoms with E-state index in [1.54, 1.807) is 62.4 Å². The molecular weight excluding hydrogens is 952 g/mol. The summed E-state index contributed by atoms with van der Waals surface area (Å²) in [5.74, 6) is -0.838. The van der Waals surface area contributed by atoms with Gasteiger partial charge in [0.15, 0.2) is 11.6 Å². The normalized spacial score (nSPS) is 18.7. The minimum atomic E-state index is -4.51. The number of fused-ring (bicyclic) bond motifs is 1. The molecule has 2 aromatic carbocycles. The van der Waals surface area contributed by atoms with E-state index in [9.17, 15) is 9.83 Å². The number of phosphoric ester groups is 1. The molecule has 0 aliphatic carbocycles. The van der Waals surface area contributed by atoms with Gasteiger partial charge in [-0.05, 0) is 62.2 Å². The Bertz CT molecular complexity index is 2210. The molecule has 0 bridgehead atoms. The van der Waals surface area contributed by atoms with Gasteiger partial charge in [-0.25, -0.2) is 14.1 Å². The van der Waals surface area contributed by atoms with Crippen molar-refractivity contribution in [3.8, 4) is 11.8 Å². The van der Waals surface area contributed by atoms with Gasteiger partial charge >= 0.3 is 7.82 Å². The van der Waals surface area contributed by atoms with Crippen LogP contribution in [-0.4, -0.2) is 72.2 Å². The molecule has 1 aliphatic rings. The molecule has 3 heterocycles. The van der Waals surface area contributed by atoms with Crippen molar-refractivity contribution in [3.63, 3.8) is 0 Å². The van der Waals surface area contributed by atoms with Gasteiger partial charge in [0.25, 0.3) is 0 Å². The molecule has 5 rings (SSSR count). The van der Waals surface area contributed by atoms with Crippen molar-refractivity contribution in [1.82, 2.24) is 14.6 Å². The number of nitrogen functional groups attached to an aromatic ring is 1. The number of aromatic nitrogens is 3. The molecule has 5 atom stereocenters. The van der Waals surface area contributed by atoms with E-state index in [1.807, 2.05) is 6.07 Å². The van der Waals surface area contributed by atoms with Crippen LogP contribution in [0.5, 0.6) is 5.75 Å². The van der Waals surface area contributed by atoms with Gasteiger partial charge in [-0.3, -0.25) is 9.05 Å². The molecular formula is C50H71Cl3N5O9P. The zero-order valence-corrected chi connectivity index (χ0v) is 43.3. The predicted molar refractivity (Wildman–Crippen MR) is 267 cm³/mol. The van der Waals surface area contributed by atoms with Gasteiger partial charge in [0.2, 0.25) is 5.60 Å². The summed E-state index contributed by atoms with van der Waals surface area (Å²) in [4.78, 5) is 4.07. The largest absolute Gasteiger partial charge is 0.530 e. The number of methoxy groups -OCH3 is 1. The van der Waals surface area contributed by atoms with E-state index in [1.165, 1.54) is 101 Å². The second-order valence-electron chi connectivity index (χ2n) is 17.8. The number of rotatable bonds is 34. The molecule has 2 aromatic heterocycles. The van der Waals surface area contributed by atoms with E-state index >= 15 is 0 Å². The summed E-state index contributed by atoms with van der Waals surface area (Å²) in [6, 6.07) is 17.5.